The number of nitriles is 1. The second-order valence-corrected chi connectivity index (χ2v) is 3.11. The Morgan fingerprint density at radius 3 is 2.79 bits per heavy atom. The molecule has 0 heterocycles. The van der Waals surface area contributed by atoms with Crippen LogP contribution in [0, 0.1) is 23.1 Å². The SMILES string of the molecule is CC(CC#N)C(=O)c1ccccc1F. The highest BCUT2D eigenvalue weighted by Crippen LogP contribution is 2.14. The first-order valence-electron chi connectivity index (χ1n) is 4.32. The van der Waals surface area contributed by atoms with Crippen LogP contribution >= 0.6 is 0 Å². The fourth-order valence-electron chi connectivity index (χ4n) is 1.16. The van der Waals surface area contributed by atoms with Crippen molar-refractivity contribution in [1.29, 1.82) is 5.26 Å². The summed E-state index contributed by atoms with van der Waals surface area (Å²) >= 11 is 0. The third-order valence-electron chi connectivity index (χ3n) is 1.98. The first-order chi connectivity index (χ1) is 6.66. The van der Waals surface area contributed by atoms with Crippen LogP contribution in [0.25, 0.3) is 0 Å². The van der Waals surface area contributed by atoms with Gasteiger partial charge in [0.25, 0.3) is 0 Å². The van der Waals surface area contributed by atoms with Crippen LogP contribution in [0.2, 0.25) is 0 Å². The smallest absolute Gasteiger partial charge is 0.169 e. The zero-order chi connectivity index (χ0) is 10.6. The number of hydrogen-bond donors (Lipinski definition) is 0. The Morgan fingerprint density at radius 1 is 1.57 bits per heavy atom. The predicted molar refractivity (Wildman–Crippen MR) is 50.1 cm³/mol. The molecule has 1 rings (SSSR count). The van der Waals surface area contributed by atoms with E-state index in [0.717, 1.165) is 0 Å². The Kier molecular flexibility index (Phi) is 3.35. The van der Waals surface area contributed by atoms with E-state index in [1.807, 2.05) is 6.07 Å². The number of nitrogens with zero attached hydrogens (tertiary/aromatic N) is 1. The first kappa shape index (κ1) is 10.4. The van der Waals surface area contributed by atoms with Crippen LogP contribution in [0.3, 0.4) is 0 Å². The number of benzene rings is 1. The molecule has 0 aromatic heterocycles. The molecular formula is C11H10FNO. The summed E-state index contributed by atoms with van der Waals surface area (Å²) in [6, 6.07) is 7.71. The number of rotatable bonds is 3. The van der Waals surface area contributed by atoms with Crippen LogP contribution in [-0.2, 0) is 0 Å². The summed E-state index contributed by atoms with van der Waals surface area (Å²) in [6.07, 6.45) is 0.118. The van der Waals surface area contributed by atoms with E-state index in [2.05, 4.69) is 0 Å². The van der Waals surface area contributed by atoms with Crippen LogP contribution in [0.4, 0.5) is 4.39 Å². The van der Waals surface area contributed by atoms with Crippen molar-refractivity contribution >= 4 is 5.78 Å². The number of carbonyl (C=O) groups is 1. The molecule has 0 amide bonds. The summed E-state index contributed by atoms with van der Waals surface area (Å²) in [4.78, 5) is 11.6. The lowest BCUT2D eigenvalue weighted by Gasteiger charge is -2.06. The number of carbonyl (C=O) groups excluding carboxylic acids is 1. The zero-order valence-electron chi connectivity index (χ0n) is 7.83. The summed E-state index contributed by atoms with van der Waals surface area (Å²) in [5, 5.41) is 8.41. The van der Waals surface area contributed by atoms with Gasteiger partial charge in [0.05, 0.1) is 11.6 Å². The molecule has 1 aromatic rings. The van der Waals surface area contributed by atoms with Gasteiger partial charge < -0.3 is 0 Å². The first-order valence-corrected chi connectivity index (χ1v) is 4.32. The van der Waals surface area contributed by atoms with Crippen molar-refractivity contribution in [2.45, 2.75) is 13.3 Å². The van der Waals surface area contributed by atoms with Gasteiger partial charge in [-0.05, 0) is 12.1 Å². The molecule has 0 aliphatic carbocycles. The molecule has 0 spiro atoms. The molecular weight excluding hydrogens is 181 g/mol. The predicted octanol–water partition coefficient (Wildman–Crippen LogP) is 2.56. The molecule has 0 bridgehead atoms. The standard InChI is InChI=1S/C11H10FNO/c1-8(6-7-13)11(14)9-4-2-3-5-10(9)12/h2-5,8H,6H2,1H3. The van der Waals surface area contributed by atoms with E-state index in [4.69, 9.17) is 5.26 Å². The van der Waals surface area contributed by atoms with E-state index >= 15 is 0 Å². The van der Waals surface area contributed by atoms with Crippen molar-refractivity contribution in [2.24, 2.45) is 5.92 Å². The summed E-state index contributed by atoms with van der Waals surface area (Å²) in [7, 11) is 0. The van der Waals surface area contributed by atoms with Gasteiger partial charge in [-0.3, -0.25) is 4.79 Å². The lowest BCUT2D eigenvalue weighted by atomic mass is 9.97. The lowest BCUT2D eigenvalue weighted by Crippen LogP contribution is -2.12. The maximum absolute atomic E-state index is 13.1. The highest BCUT2D eigenvalue weighted by atomic mass is 19.1. The summed E-state index contributed by atoms with van der Waals surface area (Å²) in [6.45, 7) is 1.62. The van der Waals surface area contributed by atoms with E-state index in [1.54, 1.807) is 13.0 Å². The molecule has 1 atom stereocenters. The van der Waals surface area contributed by atoms with Crippen molar-refractivity contribution in [3.63, 3.8) is 0 Å². The van der Waals surface area contributed by atoms with E-state index in [9.17, 15) is 9.18 Å². The molecule has 0 saturated carbocycles. The van der Waals surface area contributed by atoms with Gasteiger partial charge in [0, 0.05) is 12.3 Å². The largest absolute Gasteiger partial charge is 0.294 e. The quantitative estimate of drug-likeness (QED) is 0.689. The normalized spacial score (nSPS) is 11.8. The van der Waals surface area contributed by atoms with Gasteiger partial charge in [0.1, 0.15) is 5.82 Å². The van der Waals surface area contributed by atoms with Crippen molar-refractivity contribution in [3.05, 3.63) is 35.6 Å². The van der Waals surface area contributed by atoms with Crippen molar-refractivity contribution in [3.8, 4) is 6.07 Å². The van der Waals surface area contributed by atoms with Gasteiger partial charge in [-0.25, -0.2) is 4.39 Å². The van der Waals surface area contributed by atoms with E-state index in [1.165, 1.54) is 18.2 Å². The fraction of sp³-hybridized carbons (Fsp3) is 0.273. The Balaban J connectivity index is 2.91. The summed E-state index contributed by atoms with van der Waals surface area (Å²) in [5.74, 6) is -1.29. The van der Waals surface area contributed by atoms with Crippen LogP contribution in [0.5, 0.6) is 0 Å². The monoisotopic (exact) mass is 191 g/mol. The number of halogens is 1. The molecule has 0 saturated heterocycles. The second-order valence-electron chi connectivity index (χ2n) is 3.11. The molecule has 0 fully saturated rings. The Hall–Kier alpha value is -1.69. The molecule has 0 N–H and O–H groups in total. The zero-order valence-corrected chi connectivity index (χ0v) is 7.83. The summed E-state index contributed by atoms with van der Waals surface area (Å²) in [5.41, 5.74) is 0.0650. The molecule has 72 valence electrons. The third-order valence-corrected chi connectivity index (χ3v) is 1.98. The van der Waals surface area contributed by atoms with Gasteiger partial charge in [0.15, 0.2) is 5.78 Å². The minimum absolute atomic E-state index is 0.0650. The molecule has 0 radical (unpaired) electrons. The molecule has 14 heavy (non-hydrogen) atoms. The summed E-state index contributed by atoms with van der Waals surface area (Å²) < 4.78 is 13.1. The van der Waals surface area contributed by atoms with E-state index in [0.29, 0.717) is 0 Å². The molecule has 0 aliphatic rings. The molecule has 1 unspecified atom stereocenters. The third kappa shape index (κ3) is 2.17. The van der Waals surface area contributed by atoms with Crippen LogP contribution in [-0.4, -0.2) is 5.78 Å². The minimum atomic E-state index is -0.526. The highest BCUT2D eigenvalue weighted by Gasteiger charge is 2.17. The van der Waals surface area contributed by atoms with Gasteiger partial charge in [0.2, 0.25) is 0 Å². The van der Waals surface area contributed by atoms with E-state index < -0.39 is 11.7 Å². The molecule has 0 aliphatic heterocycles. The fourth-order valence-corrected chi connectivity index (χ4v) is 1.16. The highest BCUT2D eigenvalue weighted by molar-refractivity contribution is 5.97. The van der Waals surface area contributed by atoms with Crippen molar-refractivity contribution < 1.29 is 9.18 Å². The lowest BCUT2D eigenvalue weighted by molar-refractivity contribution is 0.0928. The number of hydrogen-bond acceptors (Lipinski definition) is 2. The Morgan fingerprint density at radius 2 is 2.21 bits per heavy atom. The average Bonchev–Trinajstić information content (AvgIpc) is 2.18. The maximum Gasteiger partial charge on any atom is 0.169 e. The molecule has 2 nitrogen and oxygen atoms in total. The Bertz CT molecular complexity index is 381. The van der Waals surface area contributed by atoms with Gasteiger partial charge >= 0.3 is 0 Å². The van der Waals surface area contributed by atoms with Crippen molar-refractivity contribution in [1.82, 2.24) is 0 Å². The van der Waals surface area contributed by atoms with Crippen molar-refractivity contribution in [2.75, 3.05) is 0 Å². The number of Topliss-reactive ketones (excluding diaryl/α,β-unsaturated/α-hetero) is 1. The van der Waals surface area contributed by atoms with Crippen LogP contribution in [0.15, 0.2) is 24.3 Å². The van der Waals surface area contributed by atoms with E-state index in [-0.39, 0.29) is 17.8 Å². The van der Waals surface area contributed by atoms with Crippen LogP contribution in [0.1, 0.15) is 23.7 Å². The molecule has 3 heteroatoms. The minimum Gasteiger partial charge on any atom is -0.294 e. The number of ketones is 1. The average molecular weight is 191 g/mol. The topological polar surface area (TPSA) is 40.9 Å². The molecule has 1 aromatic carbocycles. The maximum atomic E-state index is 13.1. The van der Waals surface area contributed by atoms with Gasteiger partial charge in [-0.2, -0.15) is 5.26 Å². The van der Waals surface area contributed by atoms with Gasteiger partial charge in [-0.15, -0.1) is 0 Å². The second kappa shape index (κ2) is 4.52. The van der Waals surface area contributed by atoms with Gasteiger partial charge in [-0.1, -0.05) is 19.1 Å². The van der Waals surface area contributed by atoms with Crippen LogP contribution < -0.4 is 0 Å². The Labute approximate surface area is 82.0 Å².